The quantitative estimate of drug-likeness (QED) is 0.774. The molecule has 0 heterocycles. The largest absolute Gasteiger partial charge is 0.313 e. The topological polar surface area (TPSA) is 52.9 Å². The summed E-state index contributed by atoms with van der Waals surface area (Å²) in [6.45, 7) is 2.89. The van der Waals surface area contributed by atoms with Gasteiger partial charge in [-0.2, -0.15) is 5.26 Å². The third-order valence-electron chi connectivity index (χ3n) is 3.21. The van der Waals surface area contributed by atoms with Crippen molar-refractivity contribution in [3.8, 4) is 6.07 Å². The van der Waals surface area contributed by atoms with Crippen molar-refractivity contribution in [1.82, 2.24) is 5.32 Å². The fourth-order valence-electron chi connectivity index (χ4n) is 2.00. The summed E-state index contributed by atoms with van der Waals surface area (Å²) in [5, 5.41) is 12.6. The van der Waals surface area contributed by atoms with Crippen LogP contribution in [-0.2, 0) is 10.8 Å². The van der Waals surface area contributed by atoms with Gasteiger partial charge < -0.3 is 5.32 Å². The van der Waals surface area contributed by atoms with Crippen molar-refractivity contribution in [2.24, 2.45) is 5.92 Å². The van der Waals surface area contributed by atoms with Crippen LogP contribution in [0.15, 0.2) is 0 Å². The lowest BCUT2D eigenvalue weighted by atomic mass is 10.1. The lowest BCUT2D eigenvalue weighted by molar-refractivity contribution is 0.460. The summed E-state index contributed by atoms with van der Waals surface area (Å²) < 4.78 is 11.1. The summed E-state index contributed by atoms with van der Waals surface area (Å²) in [5.74, 6) is 0.187. The van der Waals surface area contributed by atoms with E-state index in [1.54, 1.807) is 6.26 Å². The Balaban J connectivity index is 2.20. The predicted octanol–water partition coefficient (Wildman–Crippen LogP) is 1.43. The van der Waals surface area contributed by atoms with E-state index in [9.17, 15) is 4.21 Å². The Kier molecular flexibility index (Phi) is 5.27. The summed E-state index contributed by atoms with van der Waals surface area (Å²) in [6.07, 6.45) is 5.98. The summed E-state index contributed by atoms with van der Waals surface area (Å²) in [6, 6.07) is 2.72. The lowest BCUT2D eigenvalue weighted by Crippen LogP contribution is -2.34. The van der Waals surface area contributed by atoms with E-state index < -0.39 is 10.8 Å². The Morgan fingerprint density at radius 3 is 2.93 bits per heavy atom. The van der Waals surface area contributed by atoms with Crippen LogP contribution in [0.5, 0.6) is 0 Å². The van der Waals surface area contributed by atoms with E-state index in [-0.39, 0.29) is 11.2 Å². The molecule has 1 aliphatic rings. The van der Waals surface area contributed by atoms with Crippen molar-refractivity contribution < 1.29 is 4.21 Å². The van der Waals surface area contributed by atoms with Crippen molar-refractivity contribution in [1.29, 1.82) is 5.26 Å². The molecule has 0 aromatic rings. The van der Waals surface area contributed by atoms with Crippen molar-refractivity contribution in [2.45, 2.75) is 43.9 Å². The van der Waals surface area contributed by atoms with Gasteiger partial charge in [-0.05, 0) is 25.8 Å². The van der Waals surface area contributed by atoms with Gasteiger partial charge in [0.15, 0.2) is 0 Å². The standard InChI is InChI=1S/C11H20N2OS/c1-9(15(2)14)6-7-13-11-5-3-4-10(11)8-12/h9-11,13H,3-7H2,1-2H3. The minimum atomic E-state index is -0.729. The average molecular weight is 228 g/mol. The molecule has 0 spiro atoms. The maximum Gasteiger partial charge on any atom is 0.0672 e. The van der Waals surface area contributed by atoms with Gasteiger partial charge in [0.25, 0.3) is 0 Å². The first kappa shape index (κ1) is 12.7. The van der Waals surface area contributed by atoms with E-state index in [0.717, 1.165) is 32.2 Å². The molecule has 1 saturated carbocycles. The van der Waals surface area contributed by atoms with Crippen LogP contribution < -0.4 is 5.32 Å². The van der Waals surface area contributed by atoms with Gasteiger partial charge in [0.2, 0.25) is 0 Å². The highest BCUT2D eigenvalue weighted by atomic mass is 32.2. The molecule has 1 N–H and O–H groups in total. The highest BCUT2D eigenvalue weighted by Crippen LogP contribution is 2.24. The number of nitrogens with zero attached hydrogens (tertiary/aromatic N) is 1. The molecule has 1 fully saturated rings. The molecular weight excluding hydrogens is 208 g/mol. The maximum atomic E-state index is 11.1. The number of hydrogen-bond donors (Lipinski definition) is 1. The van der Waals surface area contributed by atoms with Gasteiger partial charge in [0.05, 0.1) is 12.0 Å². The second-order valence-corrected chi connectivity index (χ2v) is 6.13. The Morgan fingerprint density at radius 1 is 1.60 bits per heavy atom. The number of rotatable bonds is 5. The molecule has 0 saturated heterocycles. The van der Waals surface area contributed by atoms with Crippen LogP contribution in [0, 0.1) is 17.2 Å². The third-order valence-corrected chi connectivity index (χ3v) is 4.57. The molecule has 0 amide bonds. The Morgan fingerprint density at radius 2 is 2.33 bits per heavy atom. The molecule has 0 radical (unpaired) electrons. The van der Waals surface area contributed by atoms with Crippen LogP contribution >= 0.6 is 0 Å². The molecule has 0 aromatic carbocycles. The molecule has 86 valence electrons. The van der Waals surface area contributed by atoms with Crippen molar-refractivity contribution in [2.75, 3.05) is 12.8 Å². The second kappa shape index (κ2) is 6.24. The monoisotopic (exact) mass is 228 g/mol. The lowest BCUT2D eigenvalue weighted by Gasteiger charge is -2.16. The molecule has 15 heavy (non-hydrogen) atoms. The maximum absolute atomic E-state index is 11.1. The predicted molar refractivity (Wildman–Crippen MR) is 62.9 cm³/mol. The first-order valence-electron chi connectivity index (χ1n) is 5.60. The fraction of sp³-hybridized carbons (Fsp3) is 0.909. The zero-order chi connectivity index (χ0) is 11.3. The van der Waals surface area contributed by atoms with Crippen molar-refractivity contribution >= 4 is 10.8 Å². The number of nitriles is 1. The molecule has 0 aromatic heterocycles. The summed E-state index contributed by atoms with van der Waals surface area (Å²) in [4.78, 5) is 0. The van der Waals surface area contributed by atoms with Crippen LogP contribution in [0.2, 0.25) is 0 Å². The Labute approximate surface area is 94.7 Å². The van der Waals surface area contributed by atoms with Crippen LogP contribution in [-0.4, -0.2) is 28.3 Å². The van der Waals surface area contributed by atoms with E-state index in [1.807, 2.05) is 6.92 Å². The van der Waals surface area contributed by atoms with Crippen molar-refractivity contribution in [3.05, 3.63) is 0 Å². The first-order chi connectivity index (χ1) is 7.15. The van der Waals surface area contributed by atoms with Gasteiger partial charge in [-0.15, -0.1) is 0 Å². The number of hydrogen-bond acceptors (Lipinski definition) is 3. The van der Waals surface area contributed by atoms with Gasteiger partial charge in [0.1, 0.15) is 0 Å². The molecule has 0 aliphatic heterocycles. The summed E-state index contributed by atoms with van der Waals surface area (Å²) in [7, 11) is -0.729. The molecule has 1 rings (SSSR count). The van der Waals surface area contributed by atoms with E-state index in [0.29, 0.717) is 6.04 Å². The Bertz CT molecular complexity index is 262. The smallest absolute Gasteiger partial charge is 0.0672 e. The molecule has 0 bridgehead atoms. The minimum Gasteiger partial charge on any atom is -0.313 e. The minimum absolute atomic E-state index is 0.187. The third kappa shape index (κ3) is 3.92. The molecule has 3 nitrogen and oxygen atoms in total. The van der Waals surface area contributed by atoms with Gasteiger partial charge >= 0.3 is 0 Å². The van der Waals surface area contributed by atoms with E-state index in [1.165, 1.54) is 0 Å². The molecule has 4 unspecified atom stereocenters. The van der Waals surface area contributed by atoms with Gasteiger partial charge in [-0.1, -0.05) is 13.3 Å². The summed E-state index contributed by atoms with van der Waals surface area (Å²) >= 11 is 0. The zero-order valence-electron chi connectivity index (χ0n) is 9.53. The normalized spacial score (nSPS) is 29.7. The van der Waals surface area contributed by atoms with Gasteiger partial charge in [-0.25, -0.2) is 0 Å². The van der Waals surface area contributed by atoms with Gasteiger partial charge in [-0.3, -0.25) is 4.21 Å². The average Bonchev–Trinajstić information content (AvgIpc) is 2.65. The number of nitrogens with one attached hydrogen (secondary N) is 1. The van der Waals surface area contributed by atoms with Crippen LogP contribution in [0.25, 0.3) is 0 Å². The molecular formula is C11H20N2OS. The molecule has 4 atom stereocenters. The van der Waals surface area contributed by atoms with Crippen molar-refractivity contribution in [3.63, 3.8) is 0 Å². The zero-order valence-corrected chi connectivity index (χ0v) is 10.3. The van der Waals surface area contributed by atoms with E-state index in [2.05, 4.69) is 11.4 Å². The van der Waals surface area contributed by atoms with E-state index >= 15 is 0 Å². The van der Waals surface area contributed by atoms with Crippen LogP contribution in [0.3, 0.4) is 0 Å². The second-order valence-electron chi connectivity index (χ2n) is 4.32. The molecule has 4 heteroatoms. The van der Waals surface area contributed by atoms with E-state index in [4.69, 9.17) is 5.26 Å². The van der Waals surface area contributed by atoms with Crippen LogP contribution in [0.4, 0.5) is 0 Å². The molecule has 1 aliphatic carbocycles. The summed E-state index contributed by atoms with van der Waals surface area (Å²) in [5.41, 5.74) is 0. The van der Waals surface area contributed by atoms with Crippen LogP contribution in [0.1, 0.15) is 32.6 Å². The highest BCUT2D eigenvalue weighted by molar-refractivity contribution is 7.84. The fourth-order valence-corrected chi connectivity index (χ4v) is 2.45. The van der Waals surface area contributed by atoms with Gasteiger partial charge in [0, 0.05) is 28.3 Å². The Hall–Kier alpha value is -0.400. The highest BCUT2D eigenvalue weighted by Gasteiger charge is 2.26. The first-order valence-corrected chi connectivity index (χ1v) is 7.22. The SMILES string of the molecule is CC(CCNC1CCCC1C#N)S(C)=O.